The van der Waals surface area contributed by atoms with E-state index >= 15 is 0 Å². The second-order valence-corrected chi connectivity index (χ2v) is 3.69. The number of nitrogens with one attached hydrogen (secondary N) is 2. The molecule has 0 fully saturated rings. The standard InChI is InChI=1S/C9H12N4OS/c1-3-4-5-12-8(14)6-7(10)13-9(11-2)15-6/h1H,4-5,10H2,2H3,(H,11,13)(H,12,14). The number of nitrogens with zero attached hydrogens (tertiary/aromatic N) is 1. The van der Waals surface area contributed by atoms with E-state index in [9.17, 15) is 4.79 Å². The van der Waals surface area contributed by atoms with Crippen molar-refractivity contribution in [2.45, 2.75) is 6.42 Å². The molecule has 0 saturated heterocycles. The molecular weight excluding hydrogens is 212 g/mol. The first kappa shape index (κ1) is 11.3. The molecule has 0 saturated carbocycles. The van der Waals surface area contributed by atoms with Crippen LogP contribution in [0.5, 0.6) is 0 Å². The number of nitrogens with two attached hydrogens (primary N) is 1. The molecule has 1 aromatic rings. The number of amides is 1. The van der Waals surface area contributed by atoms with Crippen LogP contribution in [0.2, 0.25) is 0 Å². The van der Waals surface area contributed by atoms with Gasteiger partial charge < -0.3 is 16.4 Å². The average Bonchev–Trinajstić information content (AvgIpc) is 2.60. The zero-order valence-corrected chi connectivity index (χ0v) is 9.15. The Kier molecular flexibility index (Phi) is 3.94. The van der Waals surface area contributed by atoms with Crippen LogP contribution in [0.25, 0.3) is 0 Å². The van der Waals surface area contributed by atoms with Crippen molar-refractivity contribution < 1.29 is 4.79 Å². The van der Waals surface area contributed by atoms with E-state index in [2.05, 4.69) is 21.5 Å². The molecule has 0 aliphatic rings. The van der Waals surface area contributed by atoms with Crippen LogP contribution in [-0.4, -0.2) is 24.5 Å². The monoisotopic (exact) mass is 224 g/mol. The van der Waals surface area contributed by atoms with E-state index in [0.29, 0.717) is 23.0 Å². The molecule has 0 radical (unpaired) electrons. The van der Waals surface area contributed by atoms with E-state index in [1.54, 1.807) is 7.05 Å². The van der Waals surface area contributed by atoms with Gasteiger partial charge in [-0.15, -0.1) is 12.3 Å². The van der Waals surface area contributed by atoms with Gasteiger partial charge in [-0.05, 0) is 0 Å². The van der Waals surface area contributed by atoms with Crippen LogP contribution in [0.15, 0.2) is 0 Å². The van der Waals surface area contributed by atoms with Gasteiger partial charge in [-0.1, -0.05) is 11.3 Å². The van der Waals surface area contributed by atoms with E-state index in [1.807, 2.05) is 0 Å². The topological polar surface area (TPSA) is 80.0 Å². The van der Waals surface area contributed by atoms with Crippen molar-refractivity contribution in [1.29, 1.82) is 0 Å². The van der Waals surface area contributed by atoms with E-state index in [0.717, 1.165) is 0 Å². The molecule has 4 N–H and O–H groups in total. The fourth-order valence-corrected chi connectivity index (χ4v) is 1.68. The quantitative estimate of drug-likeness (QED) is 0.514. The molecule has 1 aromatic heterocycles. The summed E-state index contributed by atoms with van der Waals surface area (Å²) in [6.45, 7) is 0.446. The molecule has 0 unspecified atom stereocenters. The minimum absolute atomic E-state index is 0.234. The van der Waals surface area contributed by atoms with Crippen molar-refractivity contribution >= 4 is 28.2 Å². The minimum Gasteiger partial charge on any atom is -0.382 e. The third kappa shape index (κ3) is 2.86. The number of anilines is 2. The van der Waals surface area contributed by atoms with Crippen LogP contribution >= 0.6 is 11.3 Å². The number of terminal acetylenes is 1. The predicted molar refractivity (Wildman–Crippen MR) is 61.9 cm³/mol. The van der Waals surface area contributed by atoms with Gasteiger partial charge in [0.1, 0.15) is 10.7 Å². The summed E-state index contributed by atoms with van der Waals surface area (Å²) in [7, 11) is 1.72. The van der Waals surface area contributed by atoms with E-state index < -0.39 is 0 Å². The highest BCUT2D eigenvalue weighted by Gasteiger charge is 2.14. The molecule has 6 heteroatoms. The Labute approximate surface area is 92.1 Å². The highest BCUT2D eigenvalue weighted by atomic mass is 32.1. The zero-order chi connectivity index (χ0) is 11.3. The molecule has 80 valence electrons. The number of carbonyl (C=O) groups is 1. The molecule has 0 bridgehead atoms. The fourth-order valence-electron chi connectivity index (χ4n) is 0.930. The summed E-state index contributed by atoms with van der Waals surface area (Å²) in [6.07, 6.45) is 5.57. The van der Waals surface area contributed by atoms with Crippen LogP contribution in [0.3, 0.4) is 0 Å². The van der Waals surface area contributed by atoms with Gasteiger partial charge in [-0.3, -0.25) is 4.79 Å². The van der Waals surface area contributed by atoms with Crippen molar-refractivity contribution in [2.75, 3.05) is 24.6 Å². The average molecular weight is 224 g/mol. The van der Waals surface area contributed by atoms with Crippen LogP contribution < -0.4 is 16.4 Å². The van der Waals surface area contributed by atoms with Crippen molar-refractivity contribution in [3.05, 3.63) is 4.88 Å². The third-order valence-corrected chi connectivity index (χ3v) is 2.72. The summed E-state index contributed by atoms with van der Waals surface area (Å²) in [6, 6.07) is 0. The summed E-state index contributed by atoms with van der Waals surface area (Å²) in [4.78, 5) is 15.9. The summed E-state index contributed by atoms with van der Waals surface area (Å²) in [5, 5.41) is 6.10. The fraction of sp³-hybridized carbons (Fsp3) is 0.333. The van der Waals surface area contributed by atoms with Gasteiger partial charge in [0, 0.05) is 20.0 Å². The SMILES string of the molecule is C#CCCNC(=O)c1sc(NC)nc1N. The maximum absolute atomic E-state index is 11.6. The molecule has 1 amide bonds. The lowest BCUT2D eigenvalue weighted by Gasteiger charge is -1.99. The normalized spacial score (nSPS) is 9.33. The van der Waals surface area contributed by atoms with Crippen LogP contribution in [0.1, 0.15) is 16.1 Å². The highest BCUT2D eigenvalue weighted by molar-refractivity contribution is 7.18. The van der Waals surface area contributed by atoms with Gasteiger partial charge in [0.15, 0.2) is 5.13 Å². The zero-order valence-electron chi connectivity index (χ0n) is 8.33. The largest absolute Gasteiger partial charge is 0.382 e. The van der Waals surface area contributed by atoms with Gasteiger partial charge in [-0.2, -0.15) is 0 Å². The molecular formula is C9H12N4OS. The van der Waals surface area contributed by atoms with Crippen LogP contribution in [0, 0.1) is 12.3 Å². The number of carbonyl (C=O) groups excluding carboxylic acids is 1. The molecule has 0 aliphatic heterocycles. The Bertz CT molecular complexity index is 393. The summed E-state index contributed by atoms with van der Waals surface area (Å²) >= 11 is 1.21. The minimum atomic E-state index is -0.234. The van der Waals surface area contributed by atoms with Gasteiger partial charge in [0.05, 0.1) is 0 Å². The van der Waals surface area contributed by atoms with Crippen molar-refractivity contribution in [3.8, 4) is 12.3 Å². The highest BCUT2D eigenvalue weighted by Crippen LogP contribution is 2.23. The van der Waals surface area contributed by atoms with E-state index in [1.165, 1.54) is 11.3 Å². The second-order valence-electron chi connectivity index (χ2n) is 2.69. The van der Waals surface area contributed by atoms with E-state index in [-0.39, 0.29) is 11.7 Å². The second kappa shape index (κ2) is 5.22. The van der Waals surface area contributed by atoms with Crippen LogP contribution in [-0.2, 0) is 0 Å². The molecule has 5 nitrogen and oxygen atoms in total. The summed E-state index contributed by atoms with van der Waals surface area (Å²) < 4.78 is 0. The van der Waals surface area contributed by atoms with Crippen molar-refractivity contribution in [1.82, 2.24) is 10.3 Å². The van der Waals surface area contributed by atoms with Gasteiger partial charge in [0.2, 0.25) is 0 Å². The Hall–Kier alpha value is -1.74. The number of nitrogen functional groups attached to an aromatic ring is 1. The summed E-state index contributed by atoms with van der Waals surface area (Å²) in [5.41, 5.74) is 5.58. The molecule has 1 heterocycles. The smallest absolute Gasteiger partial charge is 0.265 e. The first-order chi connectivity index (χ1) is 7.19. The Morgan fingerprint density at radius 3 is 3.00 bits per heavy atom. The maximum atomic E-state index is 11.6. The summed E-state index contributed by atoms with van der Waals surface area (Å²) in [5.74, 6) is 2.44. The lowest BCUT2D eigenvalue weighted by molar-refractivity contribution is 0.0959. The maximum Gasteiger partial charge on any atom is 0.265 e. The van der Waals surface area contributed by atoms with Crippen molar-refractivity contribution in [2.24, 2.45) is 0 Å². The Morgan fingerprint density at radius 2 is 2.47 bits per heavy atom. The number of rotatable bonds is 4. The molecule has 0 aliphatic carbocycles. The van der Waals surface area contributed by atoms with E-state index in [4.69, 9.17) is 12.2 Å². The first-order valence-electron chi connectivity index (χ1n) is 4.34. The Morgan fingerprint density at radius 1 is 1.73 bits per heavy atom. The van der Waals surface area contributed by atoms with Gasteiger partial charge in [0.25, 0.3) is 5.91 Å². The number of thiazole rings is 1. The number of hydrogen-bond acceptors (Lipinski definition) is 5. The lowest BCUT2D eigenvalue weighted by atomic mass is 10.4. The Balaban J connectivity index is 2.65. The van der Waals surface area contributed by atoms with Gasteiger partial charge >= 0.3 is 0 Å². The van der Waals surface area contributed by atoms with Crippen molar-refractivity contribution in [3.63, 3.8) is 0 Å². The first-order valence-corrected chi connectivity index (χ1v) is 5.16. The molecule has 1 rings (SSSR count). The third-order valence-electron chi connectivity index (χ3n) is 1.63. The lowest BCUT2D eigenvalue weighted by Crippen LogP contribution is -2.24. The molecule has 0 aromatic carbocycles. The number of aromatic nitrogens is 1. The van der Waals surface area contributed by atoms with Crippen LogP contribution in [0.4, 0.5) is 10.9 Å². The predicted octanol–water partition coefficient (Wildman–Crippen LogP) is 0.520. The number of hydrogen-bond donors (Lipinski definition) is 3. The molecule has 0 atom stereocenters. The molecule has 15 heavy (non-hydrogen) atoms. The van der Waals surface area contributed by atoms with Gasteiger partial charge in [-0.25, -0.2) is 4.98 Å². The molecule has 0 spiro atoms.